The molecule has 0 saturated heterocycles. The Morgan fingerprint density at radius 3 is 2.25 bits per heavy atom. The minimum atomic E-state index is 0.257. The average Bonchev–Trinajstić information content (AvgIpc) is 2.68. The van der Waals surface area contributed by atoms with Crippen molar-refractivity contribution in [1.29, 1.82) is 0 Å². The van der Waals surface area contributed by atoms with Crippen molar-refractivity contribution in [3.63, 3.8) is 0 Å². The second-order valence-corrected chi connectivity index (χ2v) is 5.86. The average molecular weight is 313 g/mol. The number of benzene rings is 3. The minimum Gasteiger partial charge on any atom is -0.497 e. The van der Waals surface area contributed by atoms with E-state index in [2.05, 4.69) is 77.8 Å². The number of hydrogen-bond donors (Lipinski definition) is 0. The molecule has 118 valence electrons. The Labute approximate surface area is 142 Å². The van der Waals surface area contributed by atoms with Crippen LogP contribution < -0.4 is 9.64 Å². The van der Waals surface area contributed by atoms with Crippen LogP contribution in [0.15, 0.2) is 91.1 Å². The zero-order valence-electron chi connectivity index (χ0n) is 13.6. The maximum atomic E-state index is 5.27. The zero-order valence-corrected chi connectivity index (χ0v) is 13.6. The highest BCUT2D eigenvalue weighted by Gasteiger charge is 2.22. The molecular formula is C22H19NO. The van der Waals surface area contributed by atoms with E-state index < -0.39 is 0 Å². The Hall–Kier alpha value is -3.00. The van der Waals surface area contributed by atoms with E-state index in [0.717, 1.165) is 5.75 Å². The molecule has 0 amide bonds. The fourth-order valence-electron chi connectivity index (χ4n) is 3.24. The highest BCUT2D eigenvalue weighted by Crippen LogP contribution is 2.40. The van der Waals surface area contributed by atoms with Gasteiger partial charge >= 0.3 is 0 Å². The predicted molar refractivity (Wildman–Crippen MR) is 99.0 cm³/mol. The highest BCUT2D eigenvalue weighted by atomic mass is 16.5. The van der Waals surface area contributed by atoms with Crippen molar-refractivity contribution in [2.24, 2.45) is 0 Å². The van der Waals surface area contributed by atoms with E-state index in [-0.39, 0.29) is 5.92 Å². The molecule has 0 radical (unpaired) electrons. The van der Waals surface area contributed by atoms with E-state index in [1.54, 1.807) is 7.11 Å². The zero-order chi connectivity index (χ0) is 16.4. The van der Waals surface area contributed by atoms with Gasteiger partial charge in [-0.1, -0.05) is 54.6 Å². The number of methoxy groups -OCH3 is 1. The molecule has 0 saturated carbocycles. The molecule has 0 fully saturated rings. The number of rotatable bonds is 3. The first-order chi connectivity index (χ1) is 11.9. The Morgan fingerprint density at radius 2 is 1.50 bits per heavy atom. The molecule has 3 aromatic carbocycles. The number of fused-ring (bicyclic) bond motifs is 1. The van der Waals surface area contributed by atoms with Crippen molar-refractivity contribution < 1.29 is 4.74 Å². The van der Waals surface area contributed by atoms with Crippen molar-refractivity contribution in [3.8, 4) is 5.75 Å². The van der Waals surface area contributed by atoms with E-state index in [1.807, 2.05) is 18.2 Å². The maximum absolute atomic E-state index is 5.27. The summed E-state index contributed by atoms with van der Waals surface area (Å²) in [5.41, 5.74) is 4.99. The molecule has 3 aromatic rings. The lowest BCUT2D eigenvalue weighted by atomic mass is 9.87. The summed E-state index contributed by atoms with van der Waals surface area (Å²) in [5.74, 6) is 1.14. The van der Waals surface area contributed by atoms with Crippen molar-refractivity contribution >= 4 is 11.4 Å². The smallest absolute Gasteiger partial charge is 0.118 e. The Morgan fingerprint density at radius 1 is 0.792 bits per heavy atom. The second kappa shape index (κ2) is 6.25. The molecule has 0 bridgehead atoms. The van der Waals surface area contributed by atoms with Gasteiger partial charge in [-0.15, -0.1) is 0 Å². The summed E-state index contributed by atoms with van der Waals surface area (Å²) in [6, 6.07) is 27.4. The summed E-state index contributed by atoms with van der Waals surface area (Å²) in [6.07, 6.45) is 4.43. The van der Waals surface area contributed by atoms with Crippen molar-refractivity contribution in [1.82, 2.24) is 0 Å². The van der Waals surface area contributed by atoms with Crippen LogP contribution in [0.5, 0.6) is 5.75 Å². The van der Waals surface area contributed by atoms with E-state index in [1.165, 1.54) is 22.5 Å². The first-order valence-corrected chi connectivity index (χ1v) is 8.12. The number of nitrogens with zero attached hydrogens (tertiary/aromatic N) is 1. The van der Waals surface area contributed by atoms with Gasteiger partial charge in [-0.25, -0.2) is 0 Å². The summed E-state index contributed by atoms with van der Waals surface area (Å²) < 4.78 is 5.27. The van der Waals surface area contributed by atoms with Crippen LogP contribution in [0.4, 0.5) is 11.4 Å². The number of allylic oxidation sites excluding steroid dienone is 1. The monoisotopic (exact) mass is 313 g/mol. The third-order valence-corrected chi connectivity index (χ3v) is 4.47. The van der Waals surface area contributed by atoms with Gasteiger partial charge in [0.15, 0.2) is 0 Å². The lowest BCUT2D eigenvalue weighted by Crippen LogP contribution is -2.17. The molecule has 1 unspecified atom stereocenters. The van der Waals surface area contributed by atoms with Crippen LogP contribution in [-0.4, -0.2) is 7.11 Å². The fourth-order valence-corrected chi connectivity index (χ4v) is 3.24. The van der Waals surface area contributed by atoms with Crippen LogP contribution in [0, 0.1) is 0 Å². The van der Waals surface area contributed by atoms with Gasteiger partial charge in [-0.2, -0.15) is 0 Å². The first kappa shape index (κ1) is 14.6. The minimum absolute atomic E-state index is 0.257. The Balaban J connectivity index is 1.77. The van der Waals surface area contributed by atoms with Crippen LogP contribution >= 0.6 is 0 Å². The highest BCUT2D eigenvalue weighted by molar-refractivity contribution is 5.73. The molecule has 0 spiro atoms. The molecule has 1 heterocycles. The summed E-state index contributed by atoms with van der Waals surface area (Å²) in [7, 11) is 1.70. The first-order valence-electron chi connectivity index (χ1n) is 8.12. The van der Waals surface area contributed by atoms with Crippen LogP contribution in [0.2, 0.25) is 0 Å². The Kier molecular flexibility index (Phi) is 3.80. The van der Waals surface area contributed by atoms with E-state index in [4.69, 9.17) is 4.74 Å². The number of ether oxygens (including phenoxy) is 1. The lowest BCUT2D eigenvalue weighted by molar-refractivity contribution is 0.414. The van der Waals surface area contributed by atoms with Crippen LogP contribution in [0.3, 0.4) is 0 Å². The summed E-state index contributed by atoms with van der Waals surface area (Å²) >= 11 is 0. The van der Waals surface area contributed by atoms with Gasteiger partial charge in [0, 0.05) is 23.5 Å². The van der Waals surface area contributed by atoms with Gasteiger partial charge in [0.05, 0.1) is 7.11 Å². The van der Waals surface area contributed by atoms with Crippen LogP contribution in [0.1, 0.15) is 17.0 Å². The SMILES string of the molecule is COc1ccc(C2C=CN(c3ccccc3)c3ccccc32)cc1. The molecule has 2 nitrogen and oxygen atoms in total. The van der Waals surface area contributed by atoms with Gasteiger partial charge in [0.1, 0.15) is 5.75 Å². The molecule has 0 N–H and O–H groups in total. The van der Waals surface area contributed by atoms with Crippen molar-refractivity contribution in [2.75, 3.05) is 12.0 Å². The molecule has 1 aliphatic heterocycles. The van der Waals surface area contributed by atoms with Gasteiger partial charge in [0.25, 0.3) is 0 Å². The van der Waals surface area contributed by atoms with E-state index >= 15 is 0 Å². The summed E-state index contributed by atoms with van der Waals surface area (Å²) in [5, 5.41) is 0. The normalized spacial score (nSPS) is 15.9. The largest absolute Gasteiger partial charge is 0.497 e. The second-order valence-electron chi connectivity index (χ2n) is 5.86. The number of para-hydroxylation sites is 2. The van der Waals surface area contributed by atoms with Crippen LogP contribution in [0.25, 0.3) is 0 Å². The van der Waals surface area contributed by atoms with Crippen molar-refractivity contribution in [2.45, 2.75) is 5.92 Å². The molecule has 1 atom stereocenters. The molecule has 4 rings (SSSR count). The molecule has 1 aliphatic rings. The molecule has 0 aliphatic carbocycles. The Bertz CT molecular complexity index is 853. The van der Waals surface area contributed by atoms with Gasteiger partial charge in [0.2, 0.25) is 0 Å². The third-order valence-electron chi connectivity index (χ3n) is 4.47. The van der Waals surface area contributed by atoms with Crippen LogP contribution in [-0.2, 0) is 0 Å². The predicted octanol–water partition coefficient (Wildman–Crippen LogP) is 5.49. The molecule has 0 aromatic heterocycles. The molecular weight excluding hydrogens is 294 g/mol. The summed E-state index contributed by atoms with van der Waals surface area (Å²) in [4.78, 5) is 2.25. The molecule has 2 heteroatoms. The molecule has 24 heavy (non-hydrogen) atoms. The van der Waals surface area contributed by atoms with Gasteiger partial charge in [-0.3, -0.25) is 0 Å². The topological polar surface area (TPSA) is 12.5 Å². The van der Waals surface area contributed by atoms with E-state index in [9.17, 15) is 0 Å². The lowest BCUT2D eigenvalue weighted by Gasteiger charge is -2.31. The van der Waals surface area contributed by atoms with E-state index in [0.29, 0.717) is 0 Å². The van der Waals surface area contributed by atoms with Gasteiger partial charge < -0.3 is 9.64 Å². The van der Waals surface area contributed by atoms with Gasteiger partial charge in [-0.05, 0) is 41.5 Å². The number of anilines is 2. The standard InChI is InChI=1S/C22H19NO/c1-24-19-13-11-17(12-14-19)20-15-16-23(18-7-3-2-4-8-18)22-10-6-5-9-21(20)22/h2-16,20H,1H3. The maximum Gasteiger partial charge on any atom is 0.118 e. The van der Waals surface area contributed by atoms with Crippen molar-refractivity contribution in [3.05, 3.63) is 102 Å². The number of hydrogen-bond acceptors (Lipinski definition) is 2. The fraction of sp³-hybridized carbons (Fsp3) is 0.0909. The summed E-state index contributed by atoms with van der Waals surface area (Å²) in [6.45, 7) is 0. The third kappa shape index (κ3) is 2.56. The quantitative estimate of drug-likeness (QED) is 0.633.